The van der Waals surface area contributed by atoms with E-state index in [4.69, 9.17) is 14.2 Å². The summed E-state index contributed by atoms with van der Waals surface area (Å²) < 4.78 is 55.4. The lowest BCUT2D eigenvalue weighted by atomic mass is 10.1. The smallest absolute Gasteiger partial charge is 0.418 e. The molecule has 166 valence electrons. The van der Waals surface area contributed by atoms with E-state index in [1.807, 2.05) is 0 Å². The molecule has 1 aliphatic rings. The number of hydrogen-bond donors (Lipinski definition) is 1. The summed E-state index contributed by atoms with van der Waals surface area (Å²) in [5.41, 5.74) is -1.09. The van der Waals surface area contributed by atoms with Crippen LogP contribution in [0.2, 0.25) is 0 Å². The van der Waals surface area contributed by atoms with Crippen LogP contribution in [-0.4, -0.2) is 56.7 Å². The van der Waals surface area contributed by atoms with Crippen molar-refractivity contribution >= 4 is 17.5 Å². The highest BCUT2D eigenvalue weighted by atomic mass is 19.4. The maximum Gasteiger partial charge on any atom is 0.418 e. The van der Waals surface area contributed by atoms with Crippen LogP contribution in [0.25, 0.3) is 0 Å². The van der Waals surface area contributed by atoms with Gasteiger partial charge in [-0.1, -0.05) is 12.1 Å². The van der Waals surface area contributed by atoms with Crippen LogP contribution in [0.15, 0.2) is 42.5 Å². The van der Waals surface area contributed by atoms with Crippen molar-refractivity contribution < 1.29 is 37.0 Å². The Hall–Kier alpha value is -3.27. The normalized spacial score (nSPS) is 12.9. The number of amides is 2. The van der Waals surface area contributed by atoms with Crippen LogP contribution in [0.1, 0.15) is 15.9 Å². The zero-order valence-electron chi connectivity index (χ0n) is 16.7. The molecule has 0 unspecified atom stereocenters. The van der Waals surface area contributed by atoms with Crippen LogP contribution < -0.4 is 14.8 Å². The van der Waals surface area contributed by atoms with Crippen molar-refractivity contribution in [1.29, 1.82) is 0 Å². The van der Waals surface area contributed by atoms with E-state index in [9.17, 15) is 22.8 Å². The Balaban J connectivity index is 1.75. The van der Waals surface area contributed by atoms with Crippen molar-refractivity contribution in [1.82, 2.24) is 4.90 Å². The van der Waals surface area contributed by atoms with Gasteiger partial charge in [-0.25, -0.2) is 0 Å². The summed E-state index contributed by atoms with van der Waals surface area (Å²) in [6, 6.07) is 9.28. The van der Waals surface area contributed by atoms with Crippen molar-refractivity contribution in [2.75, 3.05) is 45.3 Å². The molecule has 10 heteroatoms. The molecular weight excluding hydrogens is 417 g/mol. The molecule has 31 heavy (non-hydrogen) atoms. The van der Waals surface area contributed by atoms with Gasteiger partial charge in [0, 0.05) is 19.2 Å². The number of hydrogen-bond acceptors (Lipinski definition) is 5. The predicted octanol–water partition coefficient (Wildman–Crippen LogP) is 3.20. The van der Waals surface area contributed by atoms with Gasteiger partial charge in [0.1, 0.15) is 19.8 Å². The molecule has 2 aromatic carbocycles. The van der Waals surface area contributed by atoms with Gasteiger partial charge in [0.2, 0.25) is 5.91 Å². The quantitative estimate of drug-likeness (QED) is 0.719. The number of ether oxygens (including phenoxy) is 3. The van der Waals surface area contributed by atoms with Crippen LogP contribution in [0, 0.1) is 0 Å². The van der Waals surface area contributed by atoms with Crippen molar-refractivity contribution in [2.45, 2.75) is 6.18 Å². The van der Waals surface area contributed by atoms with E-state index in [0.717, 1.165) is 12.1 Å². The first-order chi connectivity index (χ1) is 14.8. The van der Waals surface area contributed by atoms with Crippen molar-refractivity contribution in [3.05, 3.63) is 53.6 Å². The summed E-state index contributed by atoms with van der Waals surface area (Å²) in [6.45, 7) is 0.503. The van der Waals surface area contributed by atoms with Gasteiger partial charge < -0.3 is 24.4 Å². The SMILES string of the molecule is COCCN(CC(=O)Nc1ccccc1C(F)(F)F)C(=O)c1ccc2c(c1)OCCO2. The Morgan fingerprint density at radius 2 is 1.81 bits per heavy atom. The summed E-state index contributed by atoms with van der Waals surface area (Å²) in [4.78, 5) is 26.6. The second-order valence-electron chi connectivity index (χ2n) is 6.67. The highest BCUT2D eigenvalue weighted by molar-refractivity contribution is 6.00. The molecule has 7 nitrogen and oxygen atoms in total. The van der Waals surface area contributed by atoms with Gasteiger partial charge in [-0.15, -0.1) is 0 Å². The molecule has 2 aromatic rings. The van der Waals surface area contributed by atoms with Crippen molar-refractivity contribution in [3.63, 3.8) is 0 Å². The molecular formula is C21H21F3N2O5. The molecule has 0 saturated carbocycles. The number of alkyl halides is 3. The average Bonchev–Trinajstić information content (AvgIpc) is 2.75. The highest BCUT2D eigenvalue weighted by Gasteiger charge is 2.33. The molecule has 0 bridgehead atoms. The third-order valence-corrected chi connectivity index (χ3v) is 4.48. The number of fused-ring (bicyclic) bond motifs is 1. The van der Waals surface area contributed by atoms with Crippen molar-refractivity contribution in [2.24, 2.45) is 0 Å². The van der Waals surface area contributed by atoms with E-state index >= 15 is 0 Å². The second-order valence-corrected chi connectivity index (χ2v) is 6.67. The van der Waals surface area contributed by atoms with E-state index in [0.29, 0.717) is 24.7 Å². The summed E-state index contributed by atoms with van der Waals surface area (Å²) in [7, 11) is 1.44. The molecule has 0 aromatic heterocycles. The summed E-state index contributed by atoms with van der Waals surface area (Å²) in [6.07, 6.45) is -4.62. The fraction of sp³-hybridized carbons (Fsp3) is 0.333. The molecule has 0 fully saturated rings. The number of carbonyl (C=O) groups is 2. The molecule has 3 rings (SSSR count). The van der Waals surface area contributed by atoms with Crippen LogP contribution >= 0.6 is 0 Å². The number of nitrogens with one attached hydrogen (secondary N) is 1. The lowest BCUT2D eigenvalue weighted by Gasteiger charge is -2.24. The minimum absolute atomic E-state index is 0.0676. The average molecular weight is 438 g/mol. The fourth-order valence-electron chi connectivity index (χ4n) is 3.02. The van der Waals surface area contributed by atoms with Crippen LogP contribution in [0.3, 0.4) is 0 Å². The maximum absolute atomic E-state index is 13.2. The third-order valence-electron chi connectivity index (χ3n) is 4.48. The number of carbonyl (C=O) groups excluding carboxylic acids is 2. The van der Waals surface area contributed by atoms with E-state index in [1.54, 1.807) is 6.07 Å². The number of para-hydroxylation sites is 1. The lowest BCUT2D eigenvalue weighted by Crippen LogP contribution is -2.40. The van der Waals surface area contributed by atoms with Crippen molar-refractivity contribution in [3.8, 4) is 11.5 Å². The second kappa shape index (κ2) is 9.69. The van der Waals surface area contributed by atoms with Gasteiger partial charge in [0.25, 0.3) is 5.91 Å². The van der Waals surface area contributed by atoms with Crippen LogP contribution in [-0.2, 0) is 15.7 Å². The van der Waals surface area contributed by atoms with Gasteiger partial charge in [0.05, 0.1) is 17.9 Å². The molecule has 0 radical (unpaired) electrons. The van der Waals surface area contributed by atoms with Gasteiger partial charge in [-0.3, -0.25) is 9.59 Å². The number of nitrogens with zero attached hydrogens (tertiary/aromatic N) is 1. The van der Waals surface area contributed by atoms with Gasteiger partial charge in [-0.2, -0.15) is 13.2 Å². The van der Waals surface area contributed by atoms with Gasteiger partial charge >= 0.3 is 6.18 Å². The number of methoxy groups -OCH3 is 1. The van der Waals surface area contributed by atoms with Crippen LogP contribution in [0.5, 0.6) is 11.5 Å². The molecule has 2 amide bonds. The topological polar surface area (TPSA) is 77.1 Å². The zero-order valence-corrected chi connectivity index (χ0v) is 16.7. The van der Waals surface area contributed by atoms with E-state index in [-0.39, 0.29) is 24.4 Å². The Morgan fingerprint density at radius 3 is 2.52 bits per heavy atom. The monoisotopic (exact) mass is 438 g/mol. The Morgan fingerprint density at radius 1 is 1.10 bits per heavy atom. The number of rotatable bonds is 7. The Labute approximate surface area is 176 Å². The number of halogens is 3. The predicted molar refractivity (Wildman–Crippen MR) is 105 cm³/mol. The summed E-state index contributed by atoms with van der Waals surface area (Å²) >= 11 is 0. The summed E-state index contributed by atoms with van der Waals surface area (Å²) in [5, 5.41) is 2.24. The highest BCUT2D eigenvalue weighted by Crippen LogP contribution is 2.34. The van der Waals surface area contributed by atoms with E-state index in [2.05, 4.69) is 5.32 Å². The van der Waals surface area contributed by atoms with E-state index < -0.39 is 30.1 Å². The zero-order chi connectivity index (χ0) is 22.4. The Kier molecular flexibility index (Phi) is 7.01. The molecule has 0 aliphatic carbocycles. The number of anilines is 1. The largest absolute Gasteiger partial charge is 0.486 e. The fourth-order valence-corrected chi connectivity index (χ4v) is 3.02. The van der Waals surface area contributed by atoms with Crippen LogP contribution in [0.4, 0.5) is 18.9 Å². The molecule has 0 atom stereocenters. The standard InChI is InChI=1S/C21H21F3N2O5/c1-29-9-8-26(20(28)14-6-7-17-18(12-14)31-11-10-30-17)13-19(27)25-16-5-3-2-4-15(16)21(22,23)24/h2-7,12H,8-11,13H2,1H3,(H,25,27). The first-order valence-electron chi connectivity index (χ1n) is 9.43. The first kappa shape index (κ1) is 22.4. The molecule has 1 heterocycles. The first-order valence-corrected chi connectivity index (χ1v) is 9.43. The molecule has 1 N–H and O–H groups in total. The molecule has 0 saturated heterocycles. The lowest BCUT2D eigenvalue weighted by molar-refractivity contribution is -0.137. The summed E-state index contributed by atoms with van der Waals surface area (Å²) in [5.74, 6) is -0.341. The maximum atomic E-state index is 13.2. The Bertz CT molecular complexity index is 949. The minimum atomic E-state index is -4.62. The molecule has 1 aliphatic heterocycles. The van der Waals surface area contributed by atoms with Gasteiger partial charge in [-0.05, 0) is 30.3 Å². The minimum Gasteiger partial charge on any atom is -0.486 e. The van der Waals surface area contributed by atoms with Gasteiger partial charge in [0.15, 0.2) is 11.5 Å². The third kappa shape index (κ3) is 5.66. The number of benzene rings is 2. The molecule has 0 spiro atoms. The van der Waals surface area contributed by atoms with E-state index in [1.165, 1.54) is 36.3 Å².